The van der Waals surface area contributed by atoms with E-state index < -0.39 is 9.84 Å². The molecule has 0 bridgehead atoms. The van der Waals surface area contributed by atoms with Crippen molar-refractivity contribution in [2.45, 2.75) is 50.7 Å². The molecule has 0 saturated carbocycles. The lowest BCUT2D eigenvalue weighted by Crippen LogP contribution is -2.44. The first-order valence-corrected chi connectivity index (χ1v) is 13.9. The molecule has 2 aliphatic rings. The zero-order chi connectivity index (χ0) is 21.6. The van der Waals surface area contributed by atoms with Gasteiger partial charge in [-0.3, -0.25) is 14.2 Å². The van der Waals surface area contributed by atoms with Crippen LogP contribution in [-0.2, 0) is 34.5 Å². The lowest BCUT2D eigenvalue weighted by molar-refractivity contribution is -0.130. The summed E-state index contributed by atoms with van der Waals surface area (Å²) in [5.74, 6) is 0.468. The van der Waals surface area contributed by atoms with Crippen LogP contribution in [0.5, 0.6) is 0 Å². The third-order valence-electron chi connectivity index (χ3n) is 5.76. The molecule has 0 aromatic carbocycles. The Morgan fingerprint density at radius 1 is 1.37 bits per heavy atom. The van der Waals surface area contributed by atoms with Gasteiger partial charge in [0.05, 0.1) is 22.6 Å². The summed E-state index contributed by atoms with van der Waals surface area (Å²) in [6.07, 6.45) is 3.53. The van der Waals surface area contributed by atoms with Crippen LogP contribution in [0.4, 0.5) is 0 Å². The third-order valence-corrected chi connectivity index (χ3v) is 9.71. The number of hydrogen-bond donors (Lipinski definition) is 0. The SMILES string of the molecule is CC(C)CN(C(=O)CSc1nc2sc3c(c2c(=O)n1C)CCC3)[C@@H]1CCS(=O)(=O)C1. The molecule has 0 radical (unpaired) electrons. The lowest BCUT2D eigenvalue weighted by Gasteiger charge is -2.30. The Hall–Kier alpha value is -1.39. The first-order chi connectivity index (χ1) is 14.2. The molecular formula is C20H27N3O4S3. The predicted octanol–water partition coefficient (Wildman–Crippen LogP) is 2.25. The van der Waals surface area contributed by atoms with E-state index in [0.717, 1.165) is 35.0 Å². The van der Waals surface area contributed by atoms with Gasteiger partial charge in [0.25, 0.3) is 5.56 Å². The van der Waals surface area contributed by atoms with Gasteiger partial charge in [-0.1, -0.05) is 25.6 Å². The smallest absolute Gasteiger partial charge is 0.262 e. The monoisotopic (exact) mass is 469 g/mol. The molecule has 3 heterocycles. The van der Waals surface area contributed by atoms with Crippen molar-refractivity contribution in [1.29, 1.82) is 0 Å². The molecule has 0 unspecified atom stereocenters. The summed E-state index contributed by atoms with van der Waals surface area (Å²) in [6.45, 7) is 4.57. The van der Waals surface area contributed by atoms with Gasteiger partial charge in [0.2, 0.25) is 5.91 Å². The first kappa shape index (κ1) is 21.8. The number of sulfone groups is 1. The number of aromatic nitrogens is 2. The van der Waals surface area contributed by atoms with Crippen molar-refractivity contribution in [2.75, 3.05) is 23.8 Å². The van der Waals surface area contributed by atoms with Gasteiger partial charge < -0.3 is 4.90 Å². The molecule has 4 rings (SSSR count). The highest BCUT2D eigenvalue weighted by Crippen LogP contribution is 2.35. The van der Waals surface area contributed by atoms with Gasteiger partial charge >= 0.3 is 0 Å². The van der Waals surface area contributed by atoms with Crippen LogP contribution in [-0.4, -0.2) is 58.6 Å². The van der Waals surface area contributed by atoms with Gasteiger partial charge in [-0.05, 0) is 37.2 Å². The number of amides is 1. The molecule has 0 spiro atoms. The second-order valence-corrected chi connectivity index (χ2v) is 12.8. The Kier molecular flexibility index (Phi) is 6.02. The van der Waals surface area contributed by atoms with Crippen molar-refractivity contribution in [3.05, 3.63) is 20.8 Å². The van der Waals surface area contributed by atoms with Crippen LogP contribution in [0.15, 0.2) is 9.95 Å². The minimum absolute atomic E-state index is 0.0412. The lowest BCUT2D eigenvalue weighted by atomic mass is 10.1. The maximum Gasteiger partial charge on any atom is 0.262 e. The Morgan fingerprint density at radius 2 is 2.13 bits per heavy atom. The molecule has 2 aromatic heterocycles. The number of rotatable bonds is 6. The van der Waals surface area contributed by atoms with Crippen LogP contribution >= 0.6 is 23.1 Å². The predicted molar refractivity (Wildman–Crippen MR) is 121 cm³/mol. The second-order valence-electron chi connectivity index (χ2n) is 8.58. The normalized spacial score (nSPS) is 20.2. The van der Waals surface area contributed by atoms with Crippen LogP contribution in [0.3, 0.4) is 0 Å². The molecule has 1 fully saturated rings. The van der Waals surface area contributed by atoms with Crippen molar-refractivity contribution in [1.82, 2.24) is 14.5 Å². The topological polar surface area (TPSA) is 89.3 Å². The Morgan fingerprint density at radius 3 is 2.80 bits per heavy atom. The number of aryl methyl sites for hydroxylation is 2. The van der Waals surface area contributed by atoms with Gasteiger partial charge in [-0.25, -0.2) is 13.4 Å². The highest BCUT2D eigenvalue weighted by atomic mass is 32.2. The van der Waals surface area contributed by atoms with Crippen LogP contribution in [0.1, 0.15) is 37.1 Å². The summed E-state index contributed by atoms with van der Waals surface area (Å²) in [5, 5.41) is 1.27. The number of nitrogens with zero attached hydrogens (tertiary/aromatic N) is 3. The quantitative estimate of drug-likeness (QED) is 0.476. The molecular weight excluding hydrogens is 442 g/mol. The molecule has 7 nitrogen and oxygen atoms in total. The Labute approximate surface area is 184 Å². The van der Waals surface area contributed by atoms with Gasteiger partial charge in [0, 0.05) is 24.5 Å². The van der Waals surface area contributed by atoms with E-state index in [4.69, 9.17) is 0 Å². The fraction of sp³-hybridized carbons (Fsp3) is 0.650. The van der Waals surface area contributed by atoms with E-state index in [1.54, 1.807) is 27.9 Å². The largest absolute Gasteiger partial charge is 0.338 e. The fourth-order valence-corrected chi connectivity index (χ4v) is 8.20. The van der Waals surface area contributed by atoms with E-state index in [0.29, 0.717) is 18.1 Å². The summed E-state index contributed by atoms with van der Waals surface area (Å²) >= 11 is 2.85. The average molecular weight is 470 g/mol. The van der Waals surface area contributed by atoms with Crippen molar-refractivity contribution in [3.63, 3.8) is 0 Å². The zero-order valence-corrected chi connectivity index (χ0v) is 20.0. The average Bonchev–Trinajstić information content (AvgIpc) is 3.34. The molecule has 1 aliphatic carbocycles. The fourth-order valence-electron chi connectivity index (χ4n) is 4.31. The van der Waals surface area contributed by atoms with Crippen LogP contribution in [0, 0.1) is 5.92 Å². The number of thioether (sulfide) groups is 1. The van der Waals surface area contributed by atoms with Gasteiger partial charge in [-0.2, -0.15) is 0 Å². The number of thiophene rings is 1. The van der Waals surface area contributed by atoms with Gasteiger partial charge in [-0.15, -0.1) is 11.3 Å². The summed E-state index contributed by atoms with van der Waals surface area (Å²) in [5.41, 5.74) is 1.11. The molecule has 30 heavy (non-hydrogen) atoms. The molecule has 164 valence electrons. The maximum absolute atomic E-state index is 13.0. The molecule has 1 saturated heterocycles. The van der Waals surface area contributed by atoms with Gasteiger partial charge in [0.1, 0.15) is 4.83 Å². The molecule has 10 heteroatoms. The Balaban J connectivity index is 1.54. The molecule has 1 amide bonds. The van der Waals surface area contributed by atoms with Crippen molar-refractivity contribution < 1.29 is 13.2 Å². The van der Waals surface area contributed by atoms with Crippen LogP contribution < -0.4 is 5.56 Å². The Bertz CT molecular complexity index is 1150. The molecule has 1 aliphatic heterocycles. The minimum atomic E-state index is -3.07. The maximum atomic E-state index is 13.0. The van der Waals surface area contributed by atoms with Crippen molar-refractivity contribution in [2.24, 2.45) is 13.0 Å². The van der Waals surface area contributed by atoms with Gasteiger partial charge in [0.15, 0.2) is 15.0 Å². The second kappa shape index (κ2) is 8.27. The van der Waals surface area contributed by atoms with E-state index in [1.807, 2.05) is 13.8 Å². The zero-order valence-electron chi connectivity index (χ0n) is 17.5. The summed E-state index contributed by atoms with van der Waals surface area (Å²) < 4.78 is 25.4. The molecule has 1 atom stereocenters. The third kappa shape index (κ3) is 4.18. The van der Waals surface area contributed by atoms with Crippen LogP contribution in [0.2, 0.25) is 0 Å². The summed E-state index contributed by atoms with van der Waals surface area (Å²) in [4.78, 5) is 34.4. The van der Waals surface area contributed by atoms with Crippen molar-refractivity contribution in [3.8, 4) is 0 Å². The van der Waals surface area contributed by atoms with Crippen LogP contribution in [0.25, 0.3) is 10.2 Å². The highest BCUT2D eigenvalue weighted by Gasteiger charge is 2.35. The number of carbonyl (C=O) groups excluding carboxylic acids is 1. The molecule has 2 aromatic rings. The standard InChI is InChI=1S/C20H27N3O4S3/c1-12(2)9-23(13-7-8-30(26,27)11-13)16(24)10-28-20-21-18-17(19(25)22(20)3)14-5-4-6-15(14)29-18/h12-13H,4-11H2,1-3H3/t13-/m1/s1. The minimum Gasteiger partial charge on any atom is -0.338 e. The van der Waals surface area contributed by atoms with E-state index in [-0.39, 0.29) is 40.7 Å². The van der Waals surface area contributed by atoms with E-state index in [9.17, 15) is 18.0 Å². The summed E-state index contributed by atoms with van der Waals surface area (Å²) in [6, 6.07) is -0.259. The first-order valence-electron chi connectivity index (χ1n) is 10.3. The highest BCUT2D eigenvalue weighted by molar-refractivity contribution is 7.99. The van der Waals surface area contributed by atoms with Crippen molar-refractivity contribution >= 4 is 49.1 Å². The number of hydrogen-bond acceptors (Lipinski definition) is 7. The van der Waals surface area contributed by atoms with E-state index >= 15 is 0 Å². The number of carbonyl (C=O) groups is 1. The van der Waals surface area contributed by atoms with E-state index in [2.05, 4.69) is 4.98 Å². The summed E-state index contributed by atoms with van der Waals surface area (Å²) in [7, 11) is -1.37. The van der Waals surface area contributed by atoms with E-state index in [1.165, 1.54) is 16.6 Å². The number of fused-ring (bicyclic) bond motifs is 3. The molecule has 0 N–H and O–H groups in total.